The summed E-state index contributed by atoms with van der Waals surface area (Å²) in [6.45, 7) is 11.8. The van der Waals surface area contributed by atoms with Crippen LogP contribution in [0.15, 0.2) is 0 Å². The van der Waals surface area contributed by atoms with Crippen molar-refractivity contribution >= 4 is 11.5 Å². The van der Waals surface area contributed by atoms with Gasteiger partial charge in [0, 0.05) is 19.1 Å². The van der Waals surface area contributed by atoms with Gasteiger partial charge in [-0.1, -0.05) is 25.3 Å². The van der Waals surface area contributed by atoms with Crippen LogP contribution < -0.4 is 5.32 Å². The van der Waals surface area contributed by atoms with E-state index in [1.165, 1.54) is 16.4 Å². The van der Waals surface area contributed by atoms with Crippen LogP contribution in [-0.4, -0.2) is 40.7 Å². The van der Waals surface area contributed by atoms with Gasteiger partial charge in [-0.3, -0.25) is 0 Å². The van der Waals surface area contributed by atoms with Gasteiger partial charge in [-0.25, -0.2) is 0 Å². The van der Waals surface area contributed by atoms with Crippen molar-refractivity contribution in [1.82, 2.24) is 19.8 Å². The van der Waals surface area contributed by atoms with Crippen LogP contribution in [0.1, 0.15) is 44.2 Å². The van der Waals surface area contributed by atoms with Gasteiger partial charge in [0.15, 0.2) is 0 Å². The van der Waals surface area contributed by atoms with Crippen LogP contribution in [-0.2, 0) is 6.54 Å². The van der Waals surface area contributed by atoms with Crippen LogP contribution in [0.3, 0.4) is 0 Å². The number of hydrogen-bond acceptors (Lipinski definition) is 5. The van der Waals surface area contributed by atoms with Crippen LogP contribution in [0.5, 0.6) is 0 Å². The number of aromatic nitrogens is 2. The third kappa shape index (κ3) is 4.69. The monoisotopic (exact) mass is 256 g/mol. The first-order valence-corrected chi connectivity index (χ1v) is 7.05. The van der Waals surface area contributed by atoms with Crippen LogP contribution in [0.2, 0.25) is 0 Å². The van der Waals surface area contributed by atoms with Gasteiger partial charge in [-0.2, -0.15) is 0 Å². The predicted molar refractivity (Wildman–Crippen MR) is 73.5 cm³/mol. The highest BCUT2D eigenvalue weighted by molar-refractivity contribution is 7.05. The molecule has 0 radical (unpaired) electrons. The summed E-state index contributed by atoms with van der Waals surface area (Å²) in [6, 6.07) is 0.488. The van der Waals surface area contributed by atoms with E-state index in [1.54, 1.807) is 0 Å². The summed E-state index contributed by atoms with van der Waals surface area (Å²) in [5.74, 6) is 0.458. The molecule has 0 aliphatic heterocycles. The Labute approximate surface area is 109 Å². The summed E-state index contributed by atoms with van der Waals surface area (Å²) in [7, 11) is 2.14. The summed E-state index contributed by atoms with van der Waals surface area (Å²) in [6.07, 6.45) is 0. The third-order valence-corrected chi connectivity index (χ3v) is 3.61. The normalized spacial score (nSPS) is 13.6. The highest BCUT2D eigenvalue weighted by atomic mass is 32.1. The second-order valence-corrected chi connectivity index (χ2v) is 5.71. The van der Waals surface area contributed by atoms with Crippen LogP contribution in [0, 0.1) is 0 Å². The fourth-order valence-electron chi connectivity index (χ4n) is 1.70. The first-order chi connectivity index (χ1) is 8.04. The van der Waals surface area contributed by atoms with Crippen molar-refractivity contribution in [2.24, 2.45) is 0 Å². The van der Waals surface area contributed by atoms with Crippen LogP contribution in [0.4, 0.5) is 0 Å². The Morgan fingerprint density at radius 1 is 1.35 bits per heavy atom. The van der Waals surface area contributed by atoms with E-state index in [4.69, 9.17) is 0 Å². The molecule has 0 aliphatic rings. The van der Waals surface area contributed by atoms with Crippen molar-refractivity contribution in [3.05, 3.63) is 10.6 Å². The Bertz CT molecular complexity index is 324. The van der Waals surface area contributed by atoms with Gasteiger partial charge in [-0.05, 0) is 38.0 Å². The molecule has 98 valence electrons. The quantitative estimate of drug-likeness (QED) is 0.811. The molecule has 0 aliphatic carbocycles. The molecule has 1 N–H and O–H groups in total. The number of nitrogens with zero attached hydrogens (tertiary/aromatic N) is 3. The molecule has 1 atom stereocenters. The minimum Gasteiger partial charge on any atom is -0.308 e. The van der Waals surface area contributed by atoms with Gasteiger partial charge in [0.2, 0.25) is 0 Å². The molecule has 1 rings (SSSR count). The van der Waals surface area contributed by atoms with Crippen molar-refractivity contribution < 1.29 is 0 Å². The number of hydrogen-bond donors (Lipinski definition) is 1. The molecule has 0 saturated carbocycles. The van der Waals surface area contributed by atoms with Crippen molar-refractivity contribution in [3.63, 3.8) is 0 Å². The van der Waals surface area contributed by atoms with Gasteiger partial charge in [0.05, 0.1) is 10.6 Å². The first kappa shape index (κ1) is 14.5. The van der Waals surface area contributed by atoms with Crippen molar-refractivity contribution in [2.45, 2.75) is 46.2 Å². The van der Waals surface area contributed by atoms with Crippen LogP contribution in [0.25, 0.3) is 0 Å². The zero-order chi connectivity index (χ0) is 12.8. The zero-order valence-electron chi connectivity index (χ0n) is 11.5. The van der Waals surface area contributed by atoms with E-state index in [0.29, 0.717) is 12.0 Å². The van der Waals surface area contributed by atoms with Gasteiger partial charge >= 0.3 is 0 Å². The van der Waals surface area contributed by atoms with E-state index >= 15 is 0 Å². The minimum absolute atomic E-state index is 0.458. The van der Waals surface area contributed by atoms with Gasteiger partial charge in [-0.15, -0.1) is 5.10 Å². The molecule has 1 aromatic heterocycles. The Hall–Kier alpha value is -0.520. The van der Waals surface area contributed by atoms with Crippen molar-refractivity contribution in [1.29, 1.82) is 0 Å². The highest BCUT2D eigenvalue weighted by Gasteiger charge is 2.12. The Morgan fingerprint density at radius 2 is 2.06 bits per heavy atom. The Kier molecular flexibility index (Phi) is 6.02. The summed E-state index contributed by atoms with van der Waals surface area (Å²) >= 11 is 1.51. The minimum atomic E-state index is 0.458. The third-order valence-electron chi connectivity index (χ3n) is 2.87. The van der Waals surface area contributed by atoms with Gasteiger partial charge in [0.25, 0.3) is 0 Å². The van der Waals surface area contributed by atoms with Crippen molar-refractivity contribution in [3.8, 4) is 0 Å². The topological polar surface area (TPSA) is 41.0 Å². The molecule has 0 fully saturated rings. The average Bonchev–Trinajstić information content (AvgIpc) is 2.74. The second-order valence-electron chi connectivity index (χ2n) is 4.87. The maximum Gasteiger partial charge on any atom is 0.0826 e. The highest BCUT2D eigenvalue weighted by Crippen LogP contribution is 2.19. The molecule has 17 heavy (non-hydrogen) atoms. The summed E-state index contributed by atoms with van der Waals surface area (Å²) in [4.78, 5) is 3.58. The molecule has 0 bridgehead atoms. The number of nitrogens with one attached hydrogen (secondary N) is 1. The molecule has 0 aromatic carbocycles. The molecule has 0 saturated heterocycles. The molecule has 1 unspecified atom stereocenters. The maximum absolute atomic E-state index is 4.19. The maximum atomic E-state index is 4.19. The summed E-state index contributed by atoms with van der Waals surface area (Å²) < 4.78 is 4.04. The first-order valence-electron chi connectivity index (χ1n) is 6.27. The number of likely N-dealkylation sites (N-methyl/N-ethyl adjacent to an activating group) is 1. The number of rotatable bonds is 7. The lowest BCUT2D eigenvalue weighted by molar-refractivity contribution is 0.309. The average molecular weight is 256 g/mol. The smallest absolute Gasteiger partial charge is 0.0826 e. The lowest BCUT2D eigenvalue weighted by Gasteiger charge is -2.20. The van der Waals surface area contributed by atoms with E-state index in [-0.39, 0.29) is 0 Å². The molecule has 0 spiro atoms. The predicted octanol–water partition coefficient (Wildman–Crippen LogP) is 2.09. The van der Waals surface area contributed by atoms with E-state index in [0.717, 1.165) is 25.3 Å². The summed E-state index contributed by atoms with van der Waals surface area (Å²) in [5.41, 5.74) is 1.14. The van der Waals surface area contributed by atoms with E-state index in [2.05, 4.69) is 54.5 Å². The molecule has 1 aromatic rings. The second kappa shape index (κ2) is 7.03. The zero-order valence-corrected chi connectivity index (χ0v) is 12.3. The molecule has 1 heterocycles. The van der Waals surface area contributed by atoms with Crippen LogP contribution >= 0.6 is 11.5 Å². The Balaban J connectivity index is 2.42. The van der Waals surface area contributed by atoms with Crippen molar-refractivity contribution in [2.75, 3.05) is 20.1 Å². The SMILES string of the molecule is CCN(C)CC(C)NCc1snnc1C(C)C. The van der Waals surface area contributed by atoms with E-state index in [1.807, 2.05) is 0 Å². The molecule has 5 heteroatoms. The lowest BCUT2D eigenvalue weighted by atomic mass is 10.1. The Morgan fingerprint density at radius 3 is 2.65 bits per heavy atom. The molecular formula is C12H24N4S. The lowest BCUT2D eigenvalue weighted by Crippen LogP contribution is -2.36. The largest absolute Gasteiger partial charge is 0.308 e. The molecule has 0 amide bonds. The molecule has 4 nitrogen and oxygen atoms in total. The fraction of sp³-hybridized carbons (Fsp3) is 0.833. The summed E-state index contributed by atoms with van der Waals surface area (Å²) in [5, 5.41) is 7.72. The van der Waals surface area contributed by atoms with Gasteiger partial charge in [0.1, 0.15) is 0 Å². The standard InChI is InChI=1S/C12H24N4S/c1-6-16(5)8-10(4)13-7-11-12(9(2)3)14-15-17-11/h9-10,13H,6-8H2,1-5H3. The fourth-order valence-corrected chi connectivity index (χ4v) is 2.45. The molecular weight excluding hydrogens is 232 g/mol. The van der Waals surface area contributed by atoms with E-state index in [9.17, 15) is 0 Å². The van der Waals surface area contributed by atoms with Gasteiger partial charge < -0.3 is 10.2 Å². The van der Waals surface area contributed by atoms with E-state index < -0.39 is 0 Å².